The molecule has 0 N–H and O–H groups in total. The molecule has 0 radical (unpaired) electrons. The van der Waals surface area contributed by atoms with Crippen molar-refractivity contribution in [2.45, 2.75) is 0 Å². The van der Waals surface area contributed by atoms with E-state index in [1.54, 1.807) is 11.3 Å². The van der Waals surface area contributed by atoms with Gasteiger partial charge in [-0.05, 0) is 75.8 Å². The number of hydrogen-bond acceptors (Lipinski definition) is 3. The third kappa shape index (κ3) is 5.42. The van der Waals surface area contributed by atoms with Gasteiger partial charge in [0.25, 0.3) is 0 Å². The van der Waals surface area contributed by atoms with Crippen LogP contribution in [0.4, 0.5) is 0 Å². The fourth-order valence-corrected chi connectivity index (χ4v) is 9.39. The zero-order valence-electron chi connectivity index (χ0n) is 30.3. The van der Waals surface area contributed by atoms with E-state index in [0.717, 1.165) is 60.6 Å². The fourth-order valence-electron chi connectivity index (χ4n) is 8.21. The Kier molecular flexibility index (Phi) is 7.68. The summed E-state index contributed by atoms with van der Waals surface area (Å²) in [4.78, 5) is 10.6. The van der Waals surface area contributed by atoms with Crippen molar-refractivity contribution in [2.24, 2.45) is 0 Å². The Morgan fingerprint density at radius 2 is 0.929 bits per heavy atom. The largest absolute Gasteiger partial charge is 0.309 e. The van der Waals surface area contributed by atoms with Crippen LogP contribution in [0.2, 0.25) is 0 Å². The molecule has 0 unspecified atom stereocenters. The van der Waals surface area contributed by atoms with Crippen LogP contribution in [0.5, 0.6) is 0 Å². The van der Waals surface area contributed by atoms with E-state index < -0.39 is 0 Å². The second kappa shape index (κ2) is 13.3. The summed E-state index contributed by atoms with van der Waals surface area (Å²) in [5, 5.41) is 3.68. The molecule has 0 aliphatic heterocycles. The highest BCUT2D eigenvalue weighted by Gasteiger charge is 2.20. The number of fused-ring (bicyclic) bond motifs is 6. The van der Waals surface area contributed by atoms with Crippen LogP contribution in [0.3, 0.4) is 0 Å². The molecule has 0 saturated carbocycles. The van der Waals surface area contributed by atoms with Gasteiger partial charge in [0.1, 0.15) is 0 Å². The van der Waals surface area contributed by atoms with Crippen molar-refractivity contribution in [2.75, 3.05) is 0 Å². The van der Waals surface area contributed by atoms with Crippen molar-refractivity contribution in [1.82, 2.24) is 14.5 Å². The first-order chi connectivity index (χ1) is 27.8. The van der Waals surface area contributed by atoms with E-state index in [0.29, 0.717) is 0 Å². The predicted molar refractivity (Wildman–Crippen MR) is 236 cm³/mol. The second-order valence-corrected chi connectivity index (χ2v) is 15.2. The molecule has 0 saturated heterocycles. The fraction of sp³-hybridized carbons (Fsp3) is 0. The highest BCUT2D eigenvalue weighted by molar-refractivity contribution is 7.26. The standard InChI is InChI=1S/C52H33N3S/c1-3-15-34(16-4-1)36-19-12-23-40(32-36)49-51-50(54-52(53-49)35-17-5-2-6-18-35)48-42(27-14-30-47(48)56-51)39-22-11-20-37(31-39)38-21-13-24-41(33-38)55-45-28-9-7-25-43(45)44-26-8-10-29-46(44)55/h1-33H. The molecular formula is C52H33N3S. The maximum atomic E-state index is 5.35. The molecule has 0 spiro atoms. The van der Waals surface area contributed by atoms with E-state index in [1.165, 1.54) is 43.2 Å². The minimum Gasteiger partial charge on any atom is -0.309 e. The number of thiophene rings is 1. The number of nitrogens with zero attached hydrogens (tertiary/aromatic N) is 3. The third-order valence-electron chi connectivity index (χ3n) is 10.8. The van der Waals surface area contributed by atoms with Crippen LogP contribution in [-0.4, -0.2) is 14.5 Å². The van der Waals surface area contributed by atoms with Gasteiger partial charge >= 0.3 is 0 Å². The lowest BCUT2D eigenvalue weighted by atomic mass is 9.96. The number of benzene rings is 8. The Labute approximate surface area is 328 Å². The molecule has 0 aliphatic rings. The van der Waals surface area contributed by atoms with Gasteiger partial charge in [-0.15, -0.1) is 11.3 Å². The molecule has 0 fully saturated rings. The Morgan fingerprint density at radius 3 is 1.66 bits per heavy atom. The smallest absolute Gasteiger partial charge is 0.160 e. The molecule has 11 rings (SSSR count). The lowest BCUT2D eigenvalue weighted by Gasteiger charge is -2.12. The van der Waals surface area contributed by atoms with Crippen LogP contribution in [-0.2, 0) is 0 Å². The molecule has 262 valence electrons. The normalized spacial score (nSPS) is 11.6. The number of para-hydroxylation sites is 2. The van der Waals surface area contributed by atoms with Gasteiger partial charge in [-0.1, -0.05) is 158 Å². The first kappa shape index (κ1) is 32.3. The summed E-state index contributed by atoms with van der Waals surface area (Å²) in [6.07, 6.45) is 0. The molecule has 56 heavy (non-hydrogen) atoms. The monoisotopic (exact) mass is 731 g/mol. The van der Waals surface area contributed by atoms with Gasteiger partial charge in [-0.25, -0.2) is 9.97 Å². The second-order valence-electron chi connectivity index (χ2n) is 14.2. The molecule has 0 amide bonds. The topological polar surface area (TPSA) is 30.7 Å². The van der Waals surface area contributed by atoms with E-state index in [9.17, 15) is 0 Å². The van der Waals surface area contributed by atoms with Crippen LogP contribution in [0.25, 0.3) is 104 Å². The van der Waals surface area contributed by atoms with Gasteiger partial charge in [-0.3, -0.25) is 0 Å². The minimum absolute atomic E-state index is 0.725. The minimum atomic E-state index is 0.725. The van der Waals surface area contributed by atoms with Crippen LogP contribution in [0.1, 0.15) is 0 Å². The number of rotatable bonds is 6. The van der Waals surface area contributed by atoms with Gasteiger partial charge in [0.15, 0.2) is 5.82 Å². The third-order valence-corrected chi connectivity index (χ3v) is 12.0. The van der Waals surface area contributed by atoms with E-state index in [2.05, 4.69) is 199 Å². The van der Waals surface area contributed by atoms with E-state index >= 15 is 0 Å². The van der Waals surface area contributed by atoms with Crippen molar-refractivity contribution in [1.29, 1.82) is 0 Å². The first-order valence-electron chi connectivity index (χ1n) is 18.9. The zero-order chi connectivity index (χ0) is 37.0. The molecule has 11 aromatic rings. The molecule has 0 atom stereocenters. The van der Waals surface area contributed by atoms with Crippen molar-refractivity contribution < 1.29 is 0 Å². The van der Waals surface area contributed by atoms with E-state index in [4.69, 9.17) is 9.97 Å². The summed E-state index contributed by atoms with van der Waals surface area (Å²) < 4.78 is 4.66. The summed E-state index contributed by atoms with van der Waals surface area (Å²) in [5.41, 5.74) is 14.6. The highest BCUT2D eigenvalue weighted by Crippen LogP contribution is 2.44. The van der Waals surface area contributed by atoms with E-state index in [-0.39, 0.29) is 0 Å². The van der Waals surface area contributed by atoms with Crippen molar-refractivity contribution in [3.05, 3.63) is 200 Å². The SMILES string of the molecule is c1ccc(-c2cccc(-c3nc(-c4ccccc4)nc4c3sc3cccc(-c5cccc(-c6cccc(-n7c8ccccc8c8ccccc87)c6)c5)c34)c2)cc1. The van der Waals surface area contributed by atoms with Crippen molar-refractivity contribution in [3.63, 3.8) is 0 Å². The van der Waals surface area contributed by atoms with E-state index in [1.807, 2.05) is 6.07 Å². The van der Waals surface area contributed by atoms with Crippen LogP contribution in [0.15, 0.2) is 200 Å². The Balaban J connectivity index is 1.08. The van der Waals surface area contributed by atoms with Crippen LogP contribution < -0.4 is 0 Å². The molecule has 3 heterocycles. The average Bonchev–Trinajstić information content (AvgIpc) is 3.83. The van der Waals surface area contributed by atoms with Gasteiger partial charge < -0.3 is 4.57 Å². The molecule has 0 aliphatic carbocycles. The van der Waals surface area contributed by atoms with Crippen molar-refractivity contribution >= 4 is 53.4 Å². The summed E-state index contributed by atoms with van der Waals surface area (Å²) in [6.45, 7) is 0. The first-order valence-corrected chi connectivity index (χ1v) is 19.7. The lowest BCUT2D eigenvalue weighted by molar-refractivity contribution is 1.18. The summed E-state index contributed by atoms with van der Waals surface area (Å²) in [6, 6.07) is 71.4. The molecule has 8 aromatic carbocycles. The summed E-state index contributed by atoms with van der Waals surface area (Å²) >= 11 is 1.77. The molecular weight excluding hydrogens is 699 g/mol. The van der Waals surface area contributed by atoms with Crippen LogP contribution in [0, 0.1) is 0 Å². The number of hydrogen-bond donors (Lipinski definition) is 0. The van der Waals surface area contributed by atoms with Gasteiger partial charge in [0.2, 0.25) is 0 Å². The quantitative estimate of drug-likeness (QED) is 0.170. The molecule has 0 bridgehead atoms. The summed E-state index contributed by atoms with van der Waals surface area (Å²) in [7, 11) is 0. The Bertz CT molecular complexity index is 3200. The van der Waals surface area contributed by atoms with Gasteiger partial charge in [0.05, 0.1) is 26.9 Å². The maximum absolute atomic E-state index is 5.35. The summed E-state index contributed by atoms with van der Waals surface area (Å²) in [5.74, 6) is 0.725. The van der Waals surface area contributed by atoms with Crippen LogP contribution >= 0.6 is 11.3 Å². The maximum Gasteiger partial charge on any atom is 0.160 e. The average molecular weight is 732 g/mol. The molecule has 4 heteroatoms. The highest BCUT2D eigenvalue weighted by atomic mass is 32.1. The molecule has 3 aromatic heterocycles. The molecule has 3 nitrogen and oxygen atoms in total. The predicted octanol–water partition coefficient (Wildman–Crippen LogP) is 14.3. The Morgan fingerprint density at radius 1 is 0.393 bits per heavy atom. The lowest BCUT2D eigenvalue weighted by Crippen LogP contribution is -1.94. The number of aromatic nitrogens is 3. The van der Waals surface area contributed by atoms with Gasteiger partial charge in [-0.2, -0.15) is 0 Å². The van der Waals surface area contributed by atoms with Gasteiger partial charge in [0, 0.05) is 37.7 Å². The zero-order valence-corrected chi connectivity index (χ0v) is 31.1. The van der Waals surface area contributed by atoms with Crippen molar-refractivity contribution in [3.8, 4) is 61.7 Å². The Hall–Kier alpha value is -7.14.